The van der Waals surface area contributed by atoms with Crippen molar-refractivity contribution in [1.82, 2.24) is 30.1 Å². The summed E-state index contributed by atoms with van der Waals surface area (Å²) >= 11 is 6.33. The van der Waals surface area contributed by atoms with Crippen LogP contribution in [0.3, 0.4) is 0 Å². The van der Waals surface area contributed by atoms with E-state index in [1.54, 1.807) is 5.01 Å². The van der Waals surface area contributed by atoms with Gasteiger partial charge in [-0.2, -0.15) is 10.2 Å². The van der Waals surface area contributed by atoms with Crippen molar-refractivity contribution in [3.05, 3.63) is 52.4 Å². The van der Waals surface area contributed by atoms with Crippen LogP contribution >= 0.6 is 11.6 Å². The van der Waals surface area contributed by atoms with Crippen LogP contribution in [0.25, 0.3) is 0 Å². The Morgan fingerprint density at radius 3 is 2.48 bits per heavy atom. The van der Waals surface area contributed by atoms with Gasteiger partial charge in [0.25, 0.3) is 5.91 Å². The summed E-state index contributed by atoms with van der Waals surface area (Å²) in [7, 11) is 0. The van der Waals surface area contributed by atoms with Gasteiger partial charge in [-0.15, -0.1) is 0 Å². The maximum absolute atomic E-state index is 13.3. The lowest BCUT2D eigenvalue weighted by molar-refractivity contribution is 0.0947. The number of amides is 1. The number of carbonyl (C=O) groups is 1. The SMILES string of the molecule is CCCN(CCC)CCCN1CCN(Cc2cccc(C(=O)NN(CC(C)C)c3nc(C#N)ncc3Cl)c2)CC1. The van der Waals surface area contributed by atoms with Crippen molar-refractivity contribution in [1.29, 1.82) is 5.26 Å². The lowest BCUT2D eigenvalue weighted by atomic mass is 10.1. The van der Waals surface area contributed by atoms with Gasteiger partial charge in [0, 0.05) is 44.8 Å². The molecule has 1 aromatic carbocycles. The number of piperazine rings is 1. The summed E-state index contributed by atoms with van der Waals surface area (Å²) in [4.78, 5) is 29.0. The van der Waals surface area contributed by atoms with Crippen molar-refractivity contribution < 1.29 is 4.79 Å². The highest BCUT2D eigenvalue weighted by molar-refractivity contribution is 6.32. The quantitative estimate of drug-likeness (QED) is 0.315. The summed E-state index contributed by atoms with van der Waals surface area (Å²) < 4.78 is 0. The summed E-state index contributed by atoms with van der Waals surface area (Å²) in [5, 5.41) is 11.1. The number of anilines is 1. The molecule has 2 heterocycles. The molecule has 1 aliphatic heterocycles. The van der Waals surface area contributed by atoms with Gasteiger partial charge in [-0.25, -0.2) is 4.98 Å². The molecule has 1 amide bonds. The first-order valence-electron chi connectivity index (χ1n) is 14.6. The minimum Gasteiger partial charge on any atom is -0.303 e. The summed E-state index contributed by atoms with van der Waals surface area (Å²) in [6.45, 7) is 18.8. The zero-order valence-corrected chi connectivity index (χ0v) is 25.3. The second-order valence-corrected chi connectivity index (χ2v) is 11.3. The second kappa shape index (κ2) is 16.5. The molecule has 9 nitrogen and oxygen atoms in total. The fraction of sp³-hybridized carbons (Fsp3) is 0.600. The number of aromatic nitrogens is 2. The van der Waals surface area contributed by atoms with Crippen molar-refractivity contribution in [2.75, 3.05) is 63.9 Å². The first kappa shape index (κ1) is 31.8. The van der Waals surface area contributed by atoms with E-state index in [2.05, 4.69) is 50.0 Å². The maximum atomic E-state index is 13.3. The van der Waals surface area contributed by atoms with Gasteiger partial charge >= 0.3 is 0 Å². The largest absolute Gasteiger partial charge is 0.303 e. The number of benzene rings is 1. The lowest BCUT2D eigenvalue weighted by Crippen LogP contribution is -2.46. The zero-order valence-electron chi connectivity index (χ0n) is 24.6. The average molecular weight is 569 g/mol. The third kappa shape index (κ3) is 10.0. The van der Waals surface area contributed by atoms with Gasteiger partial charge in [0.1, 0.15) is 11.1 Å². The molecule has 0 bridgehead atoms. The molecule has 1 saturated heterocycles. The number of carbonyl (C=O) groups excluding carboxylic acids is 1. The van der Waals surface area contributed by atoms with Crippen molar-refractivity contribution in [3.8, 4) is 6.07 Å². The standard InChI is InChI=1S/C30H45ClN8O/c1-5-11-36(12-6-2)13-8-14-37-15-17-38(18-16-37)23-25-9-7-10-26(19-25)30(40)35-39(22-24(3)4)29-27(31)21-33-28(20-32)34-29/h7,9-10,19,21,24H,5-6,8,11-18,22-23H2,1-4H3,(H,35,40). The van der Waals surface area contributed by atoms with Crippen molar-refractivity contribution >= 4 is 23.3 Å². The lowest BCUT2D eigenvalue weighted by Gasteiger charge is -2.35. The highest BCUT2D eigenvalue weighted by Gasteiger charge is 2.20. The Hall–Kier alpha value is -2.77. The van der Waals surface area contributed by atoms with E-state index in [9.17, 15) is 10.1 Å². The number of hydrogen-bond acceptors (Lipinski definition) is 8. The number of nitrogens with one attached hydrogen (secondary N) is 1. The Labute approximate surface area is 245 Å². The van der Waals surface area contributed by atoms with E-state index in [-0.39, 0.29) is 22.7 Å². The Morgan fingerprint density at radius 1 is 1.12 bits per heavy atom. The van der Waals surface area contributed by atoms with Crippen LogP contribution < -0.4 is 10.4 Å². The third-order valence-corrected chi connectivity index (χ3v) is 7.22. The van der Waals surface area contributed by atoms with Gasteiger partial charge in [0.15, 0.2) is 5.82 Å². The molecule has 0 unspecified atom stereocenters. The molecule has 0 saturated carbocycles. The Morgan fingerprint density at radius 2 is 1.82 bits per heavy atom. The molecule has 1 aromatic heterocycles. The summed E-state index contributed by atoms with van der Waals surface area (Å²) in [5.41, 5.74) is 4.62. The van der Waals surface area contributed by atoms with E-state index in [0.29, 0.717) is 17.9 Å². The minimum absolute atomic E-state index is 0.000502. The van der Waals surface area contributed by atoms with Crippen LogP contribution in [0.1, 0.15) is 68.7 Å². The van der Waals surface area contributed by atoms with E-state index >= 15 is 0 Å². The molecule has 1 N–H and O–H groups in total. The fourth-order valence-electron chi connectivity index (χ4n) is 5.06. The predicted molar refractivity (Wildman–Crippen MR) is 161 cm³/mol. The Balaban J connectivity index is 1.54. The highest BCUT2D eigenvalue weighted by Crippen LogP contribution is 2.22. The average Bonchev–Trinajstić information content (AvgIpc) is 2.94. The number of hydrazine groups is 1. The molecule has 0 atom stereocenters. The molecule has 2 aromatic rings. The fourth-order valence-corrected chi connectivity index (χ4v) is 5.26. The Bertz CT molecular complexity index is 1110. The van der Waals surface area contributed by atoms with E-state index in [1.807, 2.05) is 38.1 Å². The van der Waals surface area contributed by atoms with Gasteiger partial charge in [0.2, 0.25) is 5.82 Å². The van der Waals surface area contributed by atoms with Crippen LogP contribution in [0, 0.1) is 17.2 Å². The normalized spacial score (nSPS) is 14.4. The summed E-state index contributed by atoms with van der Waals surface area (Å²) in [5.74, 6) is 0.279. The van der Waals surface area contributed by atoms with E-state index in [0.717, 1.165) is 44.8 Å². The molecule has 1 fully saturated rings. The molecule has 3 rings (SSSR count). The van der Waals surface area contributed by atoms with Crippen LogP contribution in [0.5, 0.6) is 0 Å². The number of nitrogens with zero attached hydrogens (tertiary/aromatic N) is 7. The maximum Gasteiger partial charge on any atom is 0.269 e. The molecular weight excluding hydrogens is 524 g/mol. The van der Waals surface area contributed by atoms with Crippen LogP contribution in [0.4, 0.5) is 5.82 Å². The minimum atomic E-state index is -0.249. The smallest absolute Gasteiger partial charge is 0.269 e. The number of hydrogen-bond donors (Lipinski definition) is 1. The van der Waals surface area contributed by atoms with Gasteiger partial charge in [-0.05, 0) is 69.1 Å². The van der Waals surface area contributed by atoms with E-state index < -0.39 is 0 Å². The van der Waals surface area contributed by atoms with Crippen LogP contribution in [0.15, 0.2) is 30.5 Å². The van der Waals surface area contributed by atoms with Crippen molar-refractivity contribution in [3.63, 3.8) is 0 Å². The molecule has 218 valence electrons. The molecule has 1 aliphatic rings. The molecule has 10 heteroatoms. The first-order chi connectivity index (χ1) is 19.3. The van der Waals surface area contributed by atoms with Crippen molar-refractivity contribution in [2.24, 2.45) is 5.92 Å². The number of rotatable bonds is 15. The monoisotopic (exact) mass is 568 g/mol. The highest BCUT2D eigenvalue weighted by atomic mass is 35.5. The molecule has 0 aliphatic carbocycles. The van der Waals surface area contributed by atoms with E-state index in [4.69, 9.17) is 11.6 Å². The third-order valence-electron chi connectivity index (χ3n) is 6.95. The molecule has 0 radical (unpaired) electrons. The second-order valence-electron chi connectivity index (χ2n) is 10.9. The van der Waals surface area contributed by atoms with Gasteiger partial charge in [-0.3, -0.25) is 20.1 Å². The van der Waals surface area contributed by atoms with Crippen molar-refractivity contribution in [2.45, 2.75) is 53.5 Å². The Kier molecular flexibility index (Phi) is 13.1. The zero-order chi connectivity index (χ0) is 28.9. The van der Waals surface area contributed by atoms with Crippen LogP contribution in [0.2, 0.25) is 5.02 Å². The van der Waals surface area contributed by atoms with Crippen LogP contribution in [-0.2, 0) is 6.54 Å². The van der Waals surface area contributed by atoms with Gasteiger partial charge < -0.3 is 9.80 Å². The summed E-state index contributed by atoms with van der Waals surface area (Å²) in [6.07, 6.45) is 5.05. The molecule has 0 spiro atoms. The van der Waals surface area contributed by atoms with Crippen LogP contribution in [-0.4, -0.2) is 89.5 Å². The molecular formula is C30H45ClN8O. The number of nitriles is 1. The molecule has 40 heavy (non-hydrogen) atoms. The number of halogens is 1. The summed E-state index contributed by atoms with van der Waals surface area (Å²) in [6, 6.07) is 9.70. The van der Waals surface area contributed by atoms with Gasteiger partial charge in [-0.1, -0.05) is 51.4 Å². The topological polar surface area (TPSA) is 91.6 Å². The van der Waals surface area contributed by atoms with E-state index in [1.165, 1.54) is 45.1 Å². The predicted octanol–water partition coefficient (Wildman–Crippen LogP) is 4.44. The van der Waals surface area contributed by atoms with Gasteiger partial charge in [0.05, 0.1) is 6.20 Å². The first-order valence-corrected chi connectivity index (χ1v) is 15.0.